The van der Waals surface area contributed by atoms with Gasteiger partial charge in [0.1, 0.15) is 30.3 Å². The number of benzene rings is 2. The zero-order valence-electron chi connectivity index (χ0n) is 15.2. The van der Waals surface area contributed by atoms with E-state index >= 15 is 0 Å². The summed E-state index contributed by atoms with van der Waals surface area (Å²) < 4.78 is 11.7. The van der Waals surface area contributed by atoms with E-state index in [1.165, 1.54) is 5.56 Å². The molecule has 0 saturated carbocycles. The highest BCUT2D eigenvalue weighted by Crippen LogP contribution is 2.25. The first kappa shape index (κ1) is 19.0. The Kier molecular flexibility index (Phi) is 6.41. The summed E-state index contributed by atoms with van der Waals surface area (Å²) in [6, 6.07) is 15.4. The van der Waals surface area contributed by atoms with Crippen LogP contribution in [0, 0.1) is 0 Å². The average molecular weight is 376 g/mol. The zero-order valence-corrected chi connectivity index (χ0v) is 15.9. The Morgan fingerprint density at radius 2 is 1.88 bits per heavy atom. The molecule has 1 aliphatic heterocycles. The molecule has 140 valence electrons. The van der Waals surface area contributed by atoms with Crippen LogP contribution in [0.1, 0.15) is 31.7 Å². The predicted octanol–water partition coefficient (Wildman–Crippen LogP) is 4.01. The number of aliphatic hydroxyl groups excluding tert-OH is 1. The monoisotopic (exact) mass is 375 g/mol. The molecule has 3 atom stereocenters. The van der Waals surface area contributed by atoms with Gasteiger partial charge in [0.15, 0.2) is 0 Å². The van der Waals surface area contributed by atoms with Gasteiger partial charge in [-0.2, -0.15) is 0 Å². The molecule has 0 aromatic heterocycles. The molecule has 1 heterocycles. The topological polar surface area (TPSA) is 50.7 Å². The minimum absolute atomic E-state index is 0.0415. The lowest BCUT2D eigenvalue weighted by Crippen LogP contribution is -2.38. The summed E-state index contributed by atoms with van der Waals surface area (Å²) in [6.45, 7) is 5.25. The van der Waals surface area contributed by atoms with Gasteiger partial charge in [0.25, 0.3) is 0 Å². The quantitative estimate of drug-likeness (QED) is 0.767. The van der Waals surface area contributed by atoms with E-state index < -0.39 is 6.10 Å². The predicted molar refractivity (Wildman–Crippen MR) is 104 cm³/mol. The highest BCUT2D eigenvalue weighted by atomic mass is 35.5. The van der Waals surface area contributed by atoms with E-state index in [2.05, 4.69) is 31.3 Å². The Bertz CT molecular complexity index is 705. The van der Waals surface area contributed by atoms with Crippen LogP contribution in [0.25, 0.3) is 0 Å². The lowest BCUT2D eigenvalue weighted by Gasteiger charge is -2.19. The van der Waals surface area contributed by atoms with Gasteiger partial charge in [-0.15, -0.1) is 0 Å². The Labute approximate surface area is 160 Å². The average Bonchev–Trinajstić information content (AvgIpc) is 3.10. The highest BCUT2D eigenvalue weighted by Gasteiger charge is 2.31. The molecule has 4 nitrogen and oxygen atoms in total. The summed E-state index contributed by atoms with van der Waals surface area (Å²) in [5.41, 5.74) is 1.30. The van der Waals surface area contributed by atoms with E-state index in [0.29, 0.717) is 23.2 Å². The van der Waals surface area contributed by atoms with E-state index in [4.69, 9.17) is 21.1 Å². The fourth-order valence-electron chi connectivity index (χ4n) is 3.09. The number of ether oxygens (including phenoxy) is 2. The van der Waals surface area contributed by atoms with E-state index in [9.17, 15) is 5.11 Å². The smallest absolute Gasteiger partial charge is 0.138 e. The van der Waals surface area contributed by atoms with Crippen LogP contribution < -0.4 is 14.8 Å². The van der Waals surface area contributed by atoms with Crippen molar-refractivity contribution in [3.63, 3.8) is 0 Å². The molecule has 0 amide bonds. The first-order chi connectivity index (χ1) is 12.5. The van der Waals surface area contributed by atoms with Crippen molar-refractivity contribution >= 4 is 11.6 Å². The van der Waals surface area contributed by atoms with Crippen molar-refractivity contribution in [3.8, 4) is 11.5 Å². The number of nitrogens with one attached hydrogen (secondary N) is 1. The maximum Gasteiger partial charge on any atom is 0.138 e. The second-order valence-corrected chi connectivity index (χ2v) is 7.43. The molecule has 2 aromatic rings. The Morgan fingerprint density at radius 1 is 1.15 bits per heavy atom. The molecule has 26 heavy (non-hydrogen) atoms. The van der Waals surface area contributed by atoms with Crippen LogP contribution in [-0.2, 0) is 0 Å². The third-order valence-corrected chi connectivity index (χ3v) is 5.00. The van der Waals surface area contributed by atoms with Gasteiger partial charge in [0.05, 0.1) is 5.02 Å². The molecule has 3 rings (SSSR count). The van der Waals surface area contributed by atoms with Gasteiger partial charge in [-0.05, 0) is 35.7 Å². The van der Waals surface area contributed by atoms with E-state index in [0.717, 1.165) is 12.2 Å². The number of hydrogen-bond donors (Lipinski definition) is 2. The fraction of sp³-hybridized carbons (Fsp3) is 0.429. The van der Waals surface area contributed by atoms with Gasteiger partial charge in [-0.3, -0.25) is 0 Å². The molecule has 0 aliphatic carbocycles. The zero-order chi connectivity index (χ0) is 18.5. The standard InChI is InChI=1S/C21H26ClNO3/c1-14(2)15-7-9-16(10-8-15)26-17-11-19(23-12-17)20(24)13-25-21-6-4-3-5-18(21)22/h3-10,14,17,19-20,23-24H,11-13H2,1-2H3/t17-,19-,20?/m0/s1. The summed E-state index contributed by atoms with van der Waals surface area (Å²) >= 11 is 6.07. The maximum absolute atomic E-state index is 10.4. The van der Waals surface area contributed by atoms with Crippen LogP contribution >= 0.6 is 11.6 Å². The molecule has 0 radical (unpaired) electrons. The van der Waals surface area contributed by atoms with Crippen molar-refractivity contribution in [2.45, 2.75) is 44.4 Å². The molecule has 2 N–H and O–H groups in total. The fourth-order valence-corrected chi connectivity index (χ4v) is 3.28. The minimum Gasteiger partial charge on any atom is -0.489 e. The van der Waals surface area contributed by atoms with Crippen molar-refractivity contribution in [2.24, 2.45) is 0 Å². The van der Waals surface area contributed by atoms with Crippen molar-refractivity contribution in [2.75, 3.05) is 13.2 Å². The van der Waals surface area contributed by atoms with Crippen LogP contribution in [0.4, 0.5) is 0 Å². The van der Waals surface area contributed by atoms with Crippen LogP contribution in [0.5, 0.6) is 11.5 Å². The lowest BCUT2D eigenvalue weighted by molar-refractivity contribution is 0.0756. The SMILES string of the molecule is CC(C)c1ccc(O[C@@H]2CN[C@H](C(O)COc3ccccc3Cl)C2)cc1. The van der Waals surface area contributed by atoms with Gasteiger partial charge < -0.3 is 19.9 Å². The molecule has 1 fully saturated rings. The molecular formula is C21H26ClNO3. The largest absolute Gasteiger partial charge is 0.489 e. The van der Waals surface area contributed by atoms with Gasteiger partial charge >= 0.3 is 0 Å². The Hall–Kier alpha value is -1.75. The second kappa shape index (κ2) is 8.76. The molecule has 1 aliphatic rings. The number of hydrogen-bond acceptors (Lipinski definition) is 4. The number of rotatable bonds is 7. The van der Waals surface area contributed by atoms with E-state index in [1.54, 1.807) is 12.1 Å². The molecule has 5 heteroatoms. The van der Waals surface area contributed by atoms with Crippen molar-refractivity contribution in [3.05, 3.63) is 59.1 Å². The van der Waals surface area contributed by atoms with Gasteiger partial charge in [-0.1, -0.05) is 49.7 Å². The molecule has 2 aromatic carbocycles. The van der Waals surface area contributed by atoms with Gasteiger partial charge in [0.2, 0.25) is 0 Å². The van der Waals surface area contributed by atoms with Crippen LogP contribution in [-0.4, -0.2) is 36.5 Å². The molecule has 1 unspecified atom stereocenters. The second-order valence-electron chi connectivity index (χ2n) is 7.02. The maximum atomic E-state index is 10.4. The molecule has 0 spiro atoms. The number of halogens is 1. The summed E-state index contributed by atoms with van der Waals surface area (Å²) in [7, 11) is 0. The lowest BCUT2D eigenvalue weighted by atomic mass is 10.0. The summed E-state index contributed by atoms with van der Waals surface area (Å²) in [6.07, 6.45) is 0.155. The third-order valence-electron chi connectivity index (χ3n) is 4.68. The first-order valence-electron chi connectivity index (χ1n) is 9.08. The normalized spacial score (nSPS) is 21.0. The third kappa shape index (κ3) is 4.91. The van der Waals surface area contributed by atoms with E-state index in [1.807, 2.05) is 24.3 Å². The Morgan fingerprint density at radius 3 is 2.58 bits per heavy atom. The molecule has 1 saturated heterocycles. The van der Waals surface area contributed by atoms with Crippen molar-refractivity contribution in [1.29, 1.82) is 0 Å². The number of para-hydroxylation sites is 1. The minimum atomic E-state index is -0.622. The van der Waals surface area contributed by atoms with Crippen molar-refractivity contribution < 1.29 is 14.6 Å². The highest BCUT2D eigenvalue weighted by molar-refractivity contribution is 6.32. The number of aliphatic hydroxyl groups is 1. The Balaban J connectivity index is 1.47. The van der Waals surface area contributed by atoms with Crippen LogP contribution in [0.3, 0.4) is 0 Å². The van der Waals surface area contributed by atoms with E-state index in [-0.39, 0.29) is 18.8 Å². The molecular weight excluding hydrogens is 350 g/mol. The van der Waals surface area contributed by atoms with Gasteiger partial charge in [0, 0.05) is 19.0 Å². The molecule has 0 bridgehead atoms. The van der Waals surface area contributed by atoms with Crippen molar-refractivity contribution in [1.82, 2.24) is 5.32 Å². The summed E-state index contributed by atoms with van der Waals surface area (Å²) in [4.78, 5) is 0. The summed E-state index contributed by atoms with van der Waals surface area (Å²) in [5.74, 6) is 1.96. The summed E-state index contributed by atoms with van der Waals surface area (Å²) in [5, 5.41) is 14.3. The van der Waals surface area contributed by atoms with Gasteiger partial charge in [-0.25, -0.2) is 0 Å². The first-order valence-corrected chi connectivity index (χ1v) is 9.46. The van der Waals surface area contributed by atoms with Crippen LogP contribution in [0.2, 0.25) is 5.02 Å². The van der Waals surface area contributed by atoms with Crippen LogP contribution in [0.15, 0.2) is 48.5 Å².